The number of aromatic nitrogens is 3. The van der Waals surface area contributed by atoms with Gasteiger partial charge in [-0.1, -0.05) is 12.1 Å². The second kappa shape index (κ2) is 7.52. The van der Waals surface area contributed by atoms with E-state index in [1.807, 2.05) is 19.9 Å². The molecule has 0 unspecified atom stereocenters. The molecule has 0 radical (unpaired) electrons. The number of aromatic hydroxyl groups is 1. The van der Waals surface area contributed by atoms with E-state index >= 15 is 0 Å². The highest BCUT2D eigenvalue weighted by Gasteiger charge is 2.15. The maximum absolute atomic E-state index is 13.2. The first kappa shape index (κ1) is 18.9. The van der Waals surface area contributed by atoms with E-state index in [4.69, 9.17) is 0 Å². The number of fused-ring (bicyclic) bond motifs is 1. The van der Waals surface area contributed by atoms with Gasteiger partial charge in [0.25, 0.3) is 0 Å². The first-order valence-corrected chi connectivity index (χ1v) is 9.26. The zero-order valence-electron chi connectivity index (χ0n) is 16.1. The van der Waals surface area contributed by atoms with Crippen molar-refractivity contribution in [1.82, 2.24) is 14.6 Å². The fourth-order valence-electron chi connectivity index (χ4n) is 3.21. The minimum atomic E-state index is -0.808. The van der Waals surface area contributed by atoms with Crippen molar-refractivity contribution in [1.29, 1.82) is 0 Å². The highest BCUT2D eigenvalue weighted by molar-refractivity contribution is 5.66. The Bertz CT molecular complexity index is 1170. The normalized spacial score (nSPS) is 12.3. The van der Waals surface area contributed by atoms with Crippen LogP contribution in [0.3, 0.4) is 0 Å². The number of phenols is 1. The molecule has 148 valence electrons. The number of halogens is 1. The van der Waals surface area contributed by atoms with Crippen molar-refractivity contribution in [2.24, 2.45) is 0 Å². The molecule has 0 saturated carbocycles. The van der Waals surface area contributed by atoms with Crippen molar-refractivity contribution in [3.63, 3.8) is 0 Å². The molecule has 0 aliphatic heterocycles. The molecule has 1 atom stereocenters. The van der Waals surface area contributed by atoms with Gasteiger partial charge in [-0.05, 0) is 55.8 Å². The lowest BCUT2D eigenvalue weighted by Gasteiger charge is -2.16. The van der Waals surface area contributed by atoms with Crippen LogP contribution >= 0.6 is 0 Å². The molecule has 6 nitrogen and oxygen atoms in total. The lowest BCUT2D eigenvalue weighted by atomic mass is 10.1. The maximum Gasteiger partial charge on any atom is 0.158 e. The molecule has 0 aliphatic carbocycles. The molecule has 0 saturated heterocycles. The second-order valence-electron chi connectivity index (χ2n) is 6.97. The van der Waals surface area contributed by atoms with Crippen molar-refractivity contribution in [2.45, 2.75) is 20.0 Å². The van der Waals surface area contributed by atoms with Gasteiger partial charge < -0.3 is 15.5 Å². The third-order valence-electron chi connectivity index (χ3n) is 4.94. The van der Waals surface area contributed by atoms with Crippen molar-refractivity contribution < 1.29 is 14.6 Å². The van der Waals surface area contributed by atoms with Crippen molar-refractivity contribution in [2.75, 3.05) is 11.9 Å². The second-order valence-corrected chi connectivity index (χ2v) is 6.97. The number of nitrogens with one attached hydrogen (secondary N) is 1. The van der Waals surface area contributed by atoms with Gasteiger partial charge in [-0.25, -0.2) is 9.37 Å². The smallest absolute Gasteiger partial charge is 0.158 e. The van der Waals surface area contributed by atoms with Gasteiger partial charge in [0.2, 0.25) is 0 Å². The van der Waals surface area contributed by atoms with Gasteiger partial charge in [0, 0.05) is 29.4 Å². The van der Waals surface area contributed by atoms with Gasteiger partial charge in [0.1, 0.15) is 17.4 Å². The average molecular weight is 392 g/mol. The van der Waals surface area contributed by atoms with Crippen LogP contribution in [0.2, 0.25) is 0 Å². The van der Waals surface area contributed by atoms with Crippen LogP contribution in [-0.2, 0) is 0 Å². The Hall–Kier alpha value is -3.45. The number of aliphatic hydroxyl groups is 1. The van der Waals surface area contributed by atoms with Gasteiger partial charge in [0.05, 0.1) is 11.8 Å². The number of phenolic OH excluding ortho intramolecular Hbond substituents is 1. The first-order valence-electron chi connectivity index (χ1n) is 9.26. The van der Waals surface area contributed by atoms with Crippen LogP contribution in [0.15, 0.2) is 54.6 Å². The molecule has 0 amide bonds. The lowest BCUT2D eigenvalue weighted by Crippen LogP contribution is -2.16. The topological polar surface area (TPSA) is 82.7 Å². The van der Waals surface area contributed by atoms with Gasteiger partial charge >= 0.3 is 0 Å². The number of anilines is 1. The zero-order valence-corrected chi connectivity index (χ0v) is 16.1. The van der Waals surface area contributed by atoms with E-state index in [2.05, 4.69) is 15.4 Å². The number of aryl methyl sites for hydroxylation is 1. The number of hydrogen-bond acceptors (Lipinski definition) is 5. The molecule has 2 aromatic heterocycles. The summed E-state index contributed by atoms with van der Waals surface area (Å²) in [6.07, 6.45) is -0.808. The van der Waals surface area contributed by atoms with Crippen LogP contribution in [0.1, 0.15) is 22.9 Å². The molecule has 0 spiro atoms. The Labute approximate surface area is 167 Å². The summed E-state index contributed by atoms with van der Waals surface area (Å²) in [4.78, 5) is 4.59. The van der Waals surface area contributed by atoms with E-state index in [1.165, 1.54) is 18.2 Å². The van der Waals surface area contributed by atoms with Crippen LogP contribution in [0.4, 0.5) is 10.2 Å². The number of benzene rings is 2. The number of nitrogens with zero attached hydrogens (tertiary/aromatic N) is 3. The van der Waals surface area contributed by atoms with E-state index < -0.39 is 6.10 Å². The molecule has 2 aromatic carbocycles. The summed E-state index contributed by atoms with van der Waals surface area (Å²) in [7, 11) is 0. The molecule has 4 rings (SSSR count). The third-order valence-corrected chi connectivity index (χ3v) is 4.94. The molecule has 0 bridgehead atoms. The van der Waals surface area contributed by atoms with Crippen LogP contribution in [0.5, 0.6) is 5.75 Å². The van der Waals surface area contributed by atoms with Crippen LogP contribution in [0, 0.1) is 19.7 Å². The lowest BCUT2D eigenvalue weighted by molar-refractivity contribution is 0.191. The fourth-order valence-corrected chi connectivity index (χ4v) is 3.21. The summed E-state index contributed by atoms with van der Waals surface area (Å²) < 4.78 is 14.9. The first-order chi connectivity index (χ1) is 13.9. The highest BCUT2D eigenvalue weighted by atomic mass is 19.1. The SMILES string of the molecule is Cc1nc2cc(-c3ccc(F)cc3)nn2c(NC[C@H](O)c2cccc(O)c2)c1C. The van der Waals surface area contributed by atoms with Crippen LogP contribution in [0.25, 0.3) is 16.9 Å². The number of hydrogen-bond donors (Lipinski definition) is 3. The number of rotatable bonds is 5. The molecule has 0 fully saturated rings. The maximum atomic E-state index is 13.2. The summed E-state index contributed by atoms with van der Waals surface area (Å²) in [5, 5.41) is 28.0. The monoisotopic (exact) mass is 392 g/mol. The van der Waals surface area contributed by atoms with Crippen molar-refractivity contribution in [3.05, 3.63) is 77.2 Å². The van der Waals surface area contributed by atoms with Gasteiger partial charge in [-0.2, -0.15) is 9.61 Å². The minimum absolute atomic E-state index is 0.107. The Morgan fingerprint density at radius 3 is 2.59 bits per heavy atom. The molecular formula is C22H21FN4O2. The summed E-state index contributed by atoms with van der Waals surface area (Å²) >= 11 is 0. The summed E-state index contributed by atoms with van der Waals surface area (Å²) in [6.45, 7) is 4.08. The Morgan fingerprint density at radius 2 is 1.86 bits per heavy atom. The van der Waals surface area contributed by atoms with E-state index in [1.54, 1.807) is 34.8 Å². The molecular weight excluding hydrogens is 371 g/mol. The molecule has 29 heavy (non-hydrogen) atoms. The number of aliphatic hydroxyl groups excluding tert-OH is 1. The standard InChI is InChI=1S/C22H21FN4O2/c1-13-14(2)25-21-11-19(15-6-8-17(23)9-7-15)26-27(21)22(13)24-12-20(29)16-4-3-5-18(28)10-16/h3-11,20,24,28-29H,12H2,1-2H3/t20-/m0/s1. The average Bonchev–Trinajstić information content (AvgIpc) is 3.12. The molecule has 3 N–H and O–H groups in total. The fraction of sp³-hybridized carbons (Fsp3) is 0.182. The predicted octanol–water partition coefficient (Wildman–Crippen LogP) is 4.00. The van der Waals surface area contributed by atoms with Crippen LogP contribution < -0.4 is 5.32 Å². The quantitative estimate of drug-likeness (QED) is 0.478. The zero-order chi connectivity index (χ0) is 20.5. The van der Waals surface area contributed by atoms with Crippen molar-refractivity contribution in [3.8, 4) is 17.0 Å². The molecule has 0 aliphatic rings. The highest BCUT2D eigenvalue weighted by Crippen LogP contribution is 2.26. The minimum Gasteiger partial charge on any atom is -0.508 e. The summed E-state index contributed by atoms with van der Waals surface area (Å²) in [6, 6.07) is 14.5. The van der Waals surface area contributed by atoms with Crippen LogP contribution in [-0.4, -0.2) is 31.4 Å². The summed E-state index contributed by atoms with van der Waals surface area (Å²) in [5.74, 6) is 0.529. The Kier molecular flexibility index (Phi) is 4.90. The Morgan fingerprint density at radius 1 is 1.10 bits per heavy atom. The molecule has 4 aromatic rings. The van der Waals surface area contributed by atoms with Gasteiger partial charge in [0.15, 0.2) is 5.65 Å². The van der Waals surface area contributed by atoms with Gasteiger partial charge in [-0.3, -0.25) is 0 Å². The van der Waals surface area contributed by atoms with E-state index in [-0.39, 0.29) is 18.1 Å². The Balaban J connectivity index is 1.67. The molecule has 2 heterocycles. The molecule has 7 heteroatoms. The van der Waals surface area contributed by atoms with Crippen molar-refractivity contribution >= 4 is 11.5 Å². The van der Waals surface area contributed by atoms with E-state index in [9.17, 15) is 14.6 Å². The van der Waals surface area contributed by atoms with E-state index in [0.29, 0.717) is 16.9 Å². The third kappa shape index (κ3) is 3.77. The summed E-state index contributed by atoms with van der Waals surface area (Å²) in [5.41, 5.74) is 4.50. The van der Waals surface area contributed by atoms with Gasteiger partial charge in [-0.15, -0.1) is 0 Å². The predicted molar refractivity (Wildman–Crippen MR) is 109 cm³/mol. The largest absolute Gasteiger partial charge is 0.508 e. The van der Waals surface area contributed by atoms with E-state index in [0.717, 1.165) is 22.6 Å².